The van der Waals surface area contributed by atoms with E-state index in [9.17, 15) is 8.42 Å². The van der Waals surface area contributed by atoms with E-state index in [4.69, 9.17) is 6.42 Å². The Hall–Kier alpha value is -4.38. The van der Waals surface area contributed by atoms with Crippen molar-refractivity contribution in [3.05, 3.63) is 66.7 Å². The third kappa shape index (κ3) is 6.44. The van der Waals surface area contributed by atoms with E-state index in [1.165, 1.54) is 23.5 Å². The number of hydrogen-bond acceptors (Lipinski definition) is 9. The summed E-state index contributed by atoms with van der Waals surface area (Å²) in [4.78, 5) is 6.70. The van der Waals surface area contributed by atoms with Gasteiger partial charge >= 0.3 is 0 Å². The van der Waals surface area contributed by atoms with Crippen LogP contribution in [0.3, 0.4) is 0 Å². The van der Waals surface area contributed by atoms with Gasteiger partial charge in [-0.1, -0.05) is 11.3 Å². The molecular formula is C27H22N6O2S2. The van der Waals surface area contributed by atoms with Gasteiger partial charge in [-0.2, -0.15) is 10.2 Å². The normalized spacial score (nSPS) is 11.5. The fraction of sp³-hybridized carbons (Fsp3) is 0.148. The van der Waals surface area contributed by atoms with Gasteiger partial charge in [-0.15, -0.1) is 16.7 Å². The zero-order valence-corrected chi connectivity index (χ0v) is 21.8. The van der Waals surface area contributed by atoms with Crippen molar-refractivity contribution in [1.82, 2.24) is 4.98 Å². The Bertz CT molecular complexity index is 1670. The molecule has 0 aliphatic carbocycles. The molecular weight excluding hydrogens is 504 g/mol. The third-order valence-electron chi connectivity index (χ3n) is 5.28. The second-order valence-electron chi connectivity index (χ2n) is 7.61. The minimum absolute atomic E-state index is 0.0551. The maximum Gasteiger partial charge on any atom is 0.246 e. The van der Waals surface area contributed by atoms with Crippen LogP contribution in [0.15, 0.2) is 92.1 Å². The predicted molar refractivity (Wildman–Crippen MR) is 148 cm³/mol. The van der Waals surface area contributed by atoms with Crippen LogP contribution in [-0.2, 0) is 9.84 Å². The van der Waals surface area contributed by atoms with E-state index in [0.717, 1.165) is 24.5 Å². The first-order chi connectivity index (χ1) is 17.9. The summed E-state index contributed by atoms with van der Waals surface area (Å²) in [5.74, 6) is 4.14. The van der Waals surface area contributed by atoms with Crippen molar-refractivity contribution in [2.24, 2.45) is 20.5 Å². The summed E-state index contributed by atoms with van der Waals surface area (Å²) >= 11 is 1.22. The molecule has 0 aliphatic heterocycles. The molecule has 0 bridgehead atoms. The number of terminal acetylenes is 1. The minimum atomic E-state index is -3.79. The van der Waals surface area contributed by atoms with Crippen molar-refractivity contribution < 1.29 is 8.42 Å². The number of benzene rings is 3. The molecule has 0 N–H and O–H groups in total. The fourth-order valence-corrected chi connectivity index (χ4v) is 5.11. The number of fused-ring (bicyclic) bond motifs is 1. The van der Waals surface area contributed by atoms with Crippen LogP contribution in [0.5, 0.6) is 0 Å². The summed E-state index contributed by atoms with van der Waals surface area (Å²) in [6.45, 7) is 6.16. The summed E-state index contributed by atoms with van der Waals surface area (Å²) in [5.41, 5.74) is 3.85. The molecule has 8 nitrogen and oxygen atoms in total. The lowest BCUT2D eigenvalue weighted by Gasteiger charge is -2.20. The Morgan fingerprint density at radius 2 is 1.43 bits per heavy atom. The highest BCUT2D eigenvalue weighted by Crippen LogP contribution is 2.31. The van der Waals surface area contributed by atoms with Crippen LogP contribution in [-0.4, -0.2) is 26.5 Å². The highest BCUT2D eigenvalue weighted by atomic mass is 32.2. The van der Waals surface area contributed by atoms with Crippen molar-refractivity contribution in [1.29, 1.82) is 0 Å². The lowest BCUT2D eigenvalue weighted by atomic mass is 10.2. The second kappa shape index (κ2) is 11.6. The first kappa shape index (κ1) is 25.7. The number of aromatic nitrogens is 1. The van der Waals surface area contributed by atoms with E-state index in [-0.39, 0.29) is 4.90 Å². The van der Waals surface area contributed by atoms with Gasteiger partial charge in [0, 0.05) is 29.9 Å². The van der Waals surface area contributed by atoms with Crippen molar-refractivity contribution in [3.63, 3.8) is 0 Å². The highest BCUT2D eigenvalue weighted by molar-refractivity contribution is 7.96. The molecule has 0 aliphatic rings. The molecule has 3 aromatic carbocycles. The Morgan fingerprint density at radius 1 is 0.865 bits per heavy atom. The van der Waals surface area contributed by atoms with Gasteiger partial charge in [-0.25, -0.2) is 13.4 Å². The topological polar surface area (TPSA) is 99.7 Å². The van der Waals surface area contributed by atoms with Crippen molar-refractivity contribution in [3.8, 4) is 23.5 Å². The predicted octanol–water partition coefficient (Wildman–Crippen LogP) is 7.34. The highest BCUT2D eigenvalue weighted by Gasteiger charge is 2.13. The quantitative estimate of drug-likeness (QED) is 0.136. The molecule has 4 aromatic rings. The summed E-state index contributed by atoms with van der Waals surface area (Å²) < 4.78 is 25.1. The van der Waals surface area contributed by atoms with Gasteiger partial charge in [0.25, 0.3) is 0 Å². The zero-order valence-electron chi connectivity index (χ0n) is 20.2. The van der Waals surface area contributed by atoms with Gasteiger partial charge in [-0.3, -0.25) is 0 Å². The van der Waals surface area contributed by atoms with E-state index in [0.29, 0.717) is 26.7 Å². The average Bonchev–Trinajstić information content (AvgIpc) is 3.34. The van der Waals surface area contributed by atoms with E-state index >= 15 is 0 Å². The van der Waals surface area contributed by atoms with E-state index in [1.807, 2.05) is 30.2 Å². The van der Waals surface area contributed by atoms with E-state index in [1.54, 1.807) is 30.3 Å². The molecule has 0 amide bonds. The smallest absolute Gasteiger partial charge is 0.246 e. The second-order valence-corrected chi connectivity index (χ2v) is 10.3. The zero-order chi connectivity index (χ0) is 26.3. The van der Waals surface area contributed by atoms with Crippen LogP contribution in [0.25, 0.3) is 10.2 Å². The number of nitrogens with zero attached hydrogens (tertiary/aromatic N) is 6. The molecule has 0 fully saturated rings. The molecule has 0 radical (unpaired) electrons. The number of azo groups is 2. The van der Waals surface area contributed by atoms with Gasteiger partial charge < -0.3 is 4.90 Å². The molecule has 0 atom stereocenters. The Morgan fingerprint density at radius 3 is 2.00 bits per heavy atom. The van der Waals surface area contributed by atoms with Gasteiger partial charge in [0.1, 0.15) is 0 Å². The molecule has 0 unspecified atom stereocenters. The number of thiazole rings is 1. The molecule has 10 heteroatoms. The third-order valence-corrected chi connectivity index (χ3v) is 7.42. The maximum atomic E-state index is 12.2. The number of hydrogen-bond donors (Lipinski definition) is 0. The number of anilines is 1. The number of rotatable bonds is 8. The lowest BCUT2D eigenvalue weighted by molar-refractivity contribution is 0.606. The van der Waals surface area contributed by atoms with E-state index < -0.39 is 9.84 Å². The Kier molecular flexibility index (Phi) is 8.04. The van der Waals surface area contributed by atoms with Crippen molar-refractivity contribution in [2.75, 3.05) is 18.0 Å². The maximum absolute atomic E-state index is 12.2. The summed E-state index contributed by atoms with van der Waals surface area (Å²) in [6.07, 6.45) is 5.03. The molecule has 37 heavy (non-hydrogen) atoms. The molecule has 0 saturated heterocycles. The largest absolute Gasteiger partial charge is 0.372 e. The van der Waals surface area contributed by atoms with Gasteiger partial charge in [0.05, 0.1) is 32.2 Å². The lowest BCUT2D eigenvalue weighted by Crippen LogP contribution is -2.21. The van der Waals surface area contributed by atoms with Crippen LogP contribution in [0, 0.1) is 23.5 Å². The van der Waals surface area contributed by atoms with Crippen LogP contribution < -0.4 is 4.90 Å². The first-order valence-corrected chi connectivity index (χ1v) is 13.6. The van der Waals surface area contributed by atoms with Crippen LogP contribution in [0.4, 0.5) is 27.9 Å². The fourth-order valence-electron chi connectivity index (χ4n) is 3.38. The summed E-state index contributed by atoms with van der Waals surface area (Å²) in [7, 11) is -3.79. The van der Waals surface area contributed by atoms with Gasteiger partial charge in [-0.05, 0) is 86.5 Å². The SMILES string of the molecule is C#CC#CS(=O)(=O)c1ccc2nc(N=Nc3ccc(N=Nc4ccc(N(CC)CC)cc4)cc3)sc2c1. The van der Waals surface area contributed by atoms with Crippen LogP contribution >= 0.6 is 11.3 Å². The standard InChI is InChI=1S/C27H22N6O2S2/c1-4-7-18-37(34,35)24-16-17-25-26(19-24)36-27(28-25)32-31-21-10-8-20(9-11-21)29-30-22-12-14-23(15-13-22)33(5-2)6-3/h1,8-17,19H,5-6H2,2-3H3. The molecule has 4 rings (SSSR count). The average molecular weight is 527 g/mol. The number of sulfone groups is 1. The minimum Gasteiger partial charge on any atom is -0.372 e. The van der Waals surface area contributed by atoms with E-state index in [2.05, 4.69) is 55.4 Å². The summed E-state index contributed by atoms with van der Waals surface area (Å²) in [6, 6.07) is 19.7. The van der Waals surface area contributed by atoms with Crippen molar-refractivity contribution in [2.45, 2.75) is 18.7 Å². The van der Waals surface area contributed by atoms with Crippen molar-refractivity contribution >= 4 is 59.3 Å². The molecule has 0 spiro atoms. The van der Waals surface area contributed by atoms with Crippen LogP contribution in [0.2, 0.25) is 0 Å². The first-order valence-electron chi connectivity index (χ1n) is 11.3. The molecule has 0 saturated carbocycles. The molecule has 184 valence electrons. The van der Waals surface area contributed by atoms with Crippen LogP contribution in [0.1, 0.15) is 13.8 Å². The summed E-state index contributed by atoms with van der Waals surface area (Å²) in [5, 5.41) is 19.5. The molecule has 1 heterocycles. The Labute approximate surface area is 219 Å². The molecule has 1 aromatic heterocycles. The Balaban J connectivity index is 1.43. The van der Waals surface area contributed by atoms with Gasteiger partial charge in [0.15, 0.2) is 0 Å². The van der Waals surface area contributed by atoms with Gasteiger partial charge in [0.2, 0.25) is 15.0 Å². The monoisotopic (exact) mass is 526 g/mol.